The van der Waals surface area contributed by atoms with E-state index < -0.39 is 0 Å². The number of benzene rings is 1. The molecule has 1 aliphatic rings. The lowest BCUT2D eigenvalue weighted by molar-refractivity contribution is -0.131. The highest BCUT2D eigenvalue weighted by atomic mass is 79.9. The van der Waals surface area contributed by atoms with E-state index >= 15 is 0 Å². The van der Waals surface area contributed by atoms with Gasteiger partial charge in [-0.25, -0.2) is 0 Å². The molecule has 0 saturated carbocycles. The van der Waals surface area contributed by atoms with Crippen molar-refractivity contribution in [2.45, 2.75) is 27.3 Å². The Morgan fingerprint density at radius 3 is 2.61 bits per heavy atom. The van der Waals surface area contributed by atoms with E-state index in [4.69, 9.17) is 12.2 Å². The SMILES string of the molecule is CCN(CC)C(=O)Cn1cc(/C=C2\SC(=S)N(CC)C2=O)c2cc(Br)ccc21. The van der Waals surface area contributed by atoms with E-state index in [1.807, 2.05) is 60.7 Å². The molecule has 5 nitrogen and oxygen atoms in total. The highest BCUT2D eigenvalue weighted by molar-refractivity contribution is 9.10. The molecule has 1 saturated heterocycles. The number of hydrogen-bond acceptors (Lipinski definition) is 4. The maximum absolute atomic E-state index is 12.6. The molecule has 8 heteroatoms. The topological polar surface area (TPSA) is 45.6 Å². The van der Waals surface area contributed by atoms with Crippen molar-refractivity contribution in [3.63, 3.8) is 0 Å². The van der Waals surface area contributed by atoms with Crippen molar-refractivity contribution >= 4 is 73.0 Å². The van der Waals surface area contributed by atoms with E-state index in [1.165, 1.54) is 11.8 Å². The molecule has 0 radical (unpaired) electrons. The number of carbonyl (C=O) groups excluding carboxylic acids is 2. The maximum Gasteiger partial charge on any atom is 0.266 e. The lowest BCUT2D eigenvalue weighted by Crippen LogP contribution is -2.33. The third-order valence-electron chi connectivity index (χ3n) is 4.77. The van der Waals surface area contributed by atoms with Gasteiger partial charge in [0.1, 0.15) is 10.9 Å². The Labute approximate surface area is 182 Å². The summed E-state index contributed by atoms with van der Waals surface area (Å²) in [6.07, 6.45) is 3.82. The van der Waals surface area contributed by atoms with Gasteiger partial charge in [-0.2, -0.15) is 0 Å². The molecule has 2 aromatic rings. The molecule has 1 aromatic carbocycles. The Balaban J connectivity index is 2.03. The van der Waals surface area contributed by atoms with Crippen LogP contribution < -0.4 is 0 Å². The molecule has 2 heterocycles. The number of hydrogen-bond donors (Lipinski definition) is 0. The van der Waals surface area contributed by atoms with Gasteiger partial charge in [0.05, 0.1) is 4.91 Å². The number of rotatable bonds is 6. The summed E-state index contributed by atoms with van der Waals surface area (Å²) in [4.78, 5) is 29.2. The summed E-state index contributed by atoms with van der Waals surface area (Å²) in [5, 5.41) is 0.989. The summed E-state index contributed by atoms with van der Waals surface area (Å²) >= 11 is 10.2. The second-order valence-corrected chi connectivity index (χ2v) is 8.96. The zero-order chi connectivity index (χ0) is 20.4. The molecular weight excluding hydrogens is 458 g/mol. The normalized spacial score (nSPS) is 15.9. The van der Waals surface area contributed by atoms with Crippen molar-refractivity contribution in [3.8, 4) is 0 Å². The fraction of sp³-hybridized carbons (Fsp3) is 0.350. The van der Waals surface area contributed by atoms with Crippen molar-refractivity contribution in [1.82, 2.24) is 14.4 Å². The average molecular weight is 480 g/mol. The number of amides is 2. The Bertz CT molecular complexity index is 979. The van der Waals surface area contributed by atoms with Crippen LogP contribution in [-0.2, 0) is 16.1 Å². The lowest BCUT2D eigenvalue weighted by atomic mass is 10.1. The Morgan fingerprint density at radius 1 is 1.29 bits per heavy atom. The standard InChI is InChI=1S/C20H22BrN3O2S2/c1-4-22(5-2)18(25)12-23-11-13(15-10-14(21)7-8-16(15)23)9-17-19(26)24(6-3)20(27)28-17/h7-11H,4-6,12H2,1-3H3/b17-9-. The average Bonchev–Trinajstić information content (AvgIpc) is 3.12. The first-order chi connectivity index (χ1) is 13.4. The monoisotopic (exact) mass is 479 g/mol. The van der Waals surface area contributed by atoms with Crippen molar-refractivity contribution in [2.75, 3.05) is 19.6 Å². The largest absolute Gasteiger partial charge is 0.342 e. The number of fused-ring (bicyclic) bond motifs is 1. The Morgan fingerprint density at radius 2 is 2.00 bits per heavy atom. The van der Waals surface area contributed by atoms with Gasteiger partial charge in [0.15, 0.2) is 0 Å². The first-order valence-corrected chi connectivity index (χ1v) is 11.2. The number of halogens is 1. The van der Waals surface area contributed by atoms with Crippen LogP contribution in [0.4, 0.5) is 0 Å². The van der Waals surface area contributed by atoms with Crippen molar-refractivity contribution in [2.24, 2.45) is 0 Å². The number of thioether (sulfide) groups is 1. The van der Waals surface area contributed by atoms with Crippen molar-refractivity contribution in [1.29, 1.82) is 0 Å². The molecule has 3 rings (SSSR count). The van der Waals surface area contributed by atoms with Gasteiger partial charge in [-0.15, -0.1) is 0 Å². The summed E-state index contributed by atoms with van der Waals surface area (Å²) in [5.74, 6) is 0.0151. The fourth-order valence-corrected chi connectivity index (χ4v) is 5.01. The first kappa shape index (κ1) is 21.1. The molecule has 0 N–H and O–H groups in total. The molecule has 0 unspecified atom stereocenters. The molecule has 1 fully saturated rings. The van der Waals surface area contributed by atoms with Crippen LogP contribution in [0.3, 0.4) is 0 Å². The quantitative estimate of drug-likeness (QED) is 0.452. The predicted molar refractivity (Wildman–Crippen MR) is 123 cm³/mol. The van der Waals surface area contributed by atoms with Crippen LogP contribution in [0, 0.1) is 0 Å². The van der Waals surface area contributed by atoms with Gasteiger partial charge in [0.2, 0.25) is 5.91 Å². The van der Waals surface area contributed by atoms with E-state index in [1.54, 1.807) is 4.90 Å². The minimum absolute atomic E-state index is 0.0624. The Kier molecular flexibility index (Phi) is 6.62. The smallest absolute Gasteiger partial charge is 0.266 e. The van der Waals surface area contributed by atoms with Gasteiger partial charge in [-0.1, -0.05) is 39.9 Å². The van der Waals surface area contributed by atoms with Crippen LogP contribution in [-0.4, -0.2) is 50.1 Å². The second kappa shape index (κ2) is 8.80. The Hall–Kier alpha value is -1.64. The van der Waals surface area contributed by atoms with E-state index in [-0.39, 0.29) is 18.4 Å². The molecule has 1 aromatic heterocycles. The van der Waals surface area contributed by atoms with Crippen LogP contribution in [0.2, 0.25) is 0 Å². The van der Waals surface area contributed by atoms with Gasteiger partial charge in [-0.3, -0.25) is 14.5 Å². The maximum atomic E-state index is 12.6. The lowest BCUT2D eigenvalue weighted by Gasteiger charge is -2.19. The van der Waals surface area contributed by atoms with Crippen molar-refractivity contribution in [3.05, 3.63) is 39.3 Å². The molecule has 148 valence electrons. The van der Waals surface area contributed by atoms with Gasteiger partial charge in [0, 0.05) is 46.8 Å². The summed E-state index contributed by atoms with van der Waals surface area (Å²) in [6, 6.07) is 5.96. The van der Waals surface area contributed by atoms with E-state index in [9.17, 15) is 9.59 Å². The highest BCUT2D eigenvalue weighted by Crippen LogP contribution is 2.34. The van der Waals surface area contributed by atoms with Crippen LogP contribution in [0.1, 0.15) is 26.3 Å². The molecule has 2 amide bonds. The third-order valence-corrected chi connectivity index (χ3v) is 6.64. The predicted octanol–water partition coefficient (Wildman–Crippen LogP) is 4.49. The van der Waals surface area contributed by atoms with Crippen LogP contribution in [0.5, 0.6) is 0 Å². The summed E-state index contributed by atoms with van der Waals surface area (Å²) < 4.78 is 3.48. The minimum atomic E-state index is -0.0624. The summed E-state index contributed by atoms with van der Waals surface area (Å²) in [5.41, 5.74) is 1.86. The molecular formula is C20H22BrN3O2S2. The van der Waals surface area contributed by atoms with E-state index in [0.717, 1.165) is 20.9 Å². The minimum Gasteiger partial charge on any atom is -0.342 e. The highest BCUT2D eigenvalue weighted by Gasteiger charge is 2.31. The van der Waals surface area contributed by atoms with E-state index in [0.29, 0.717) is 28.9 Å². The fourth-order valence-electron chi connectivity index (χ4n) is 3.28. The van der Waals surface area contributed by atoms with Crippen molar-refractivity contribution < 1.29 is 9.59 Å². The molecule has 0 aliphatic carbocycles. The number of nitrogens with zero attached hydrogens (tertiary/aromatic N) is 3. The van der Waals surface area contributed by atoms with Gasteiger partial charge >= 0.3 is 0 Å². The molecule has 1 aliphatic heterocycles. The second-order valence-electron chi connectivity index (χ2n) is 6.37. The van der Waals surface area contributed by atoms with Gasteiger partial charge < -0.3 is 9.47 Å². The zero-order valence-electron chi connectivity index (χ0n) is 16.1. The third kappa shape index (κ3) is 4.04. The molecule has 0 atom stereocenters. The van der Waals surface area contributed by atoms with Gasteiger partial charge in [-0.05, 0) is 45.0 Å². The van der Waals surface area contributed by atoms with Crippen LogP contribution in [0.15, 0.2) is 33.8 Å². The molecule has 28 heavy (non-hydrogen) atoms. The number of aromatic nitrogens is 1. The summed E-state index contributed by atoms with van der Waals surface area (Å²) in [6.45, 7) is 8.08. The molecule has 0 spiro atoms. The van der Waals surface area contributed by atoms with E-state index in [2.05, 4.69) is 15.9 Å². The summed E-state index contributed by atoms with van der Waals surface area (Å²) in [7, 11) is 0. The number of carbonyl (C=O) groups is 2. The van der Waals surface area contributed by atoms with Gasteiger partial charge in [0.25, 0.3) is 5.91 Å². The first-order valence-electron chi connectivity index (χ1n) is 9.21. The van der Waals surface area contributed by atoms with Crippen LogP contribution in [0.25, 0.3) is 17.0 Å². The van der Waals surface area contributed by atoms with Crippen LogP contribution >= 0.6 is 39.9 Å². The number of likely N-dealkylation sites (N-methyl/N-ethyl adjacent to an activating group) is 2. The number of thiocarbonyl (C=S) groups is 1. The molecule has 0 bridgehead atoms. The zero-order valence-corrected chi connectivity index (χ0v) is 19.3.